The Bertz CT molecular complexity index is 782. The van der Waals surface area contributed by atoms with Crippen molar-refractivity contribution in [3.63, 3.8) is 0 Å². The number of thioether (sulfide) groups is 1. The Morgan fingerprint density at radius 2 is 1.73 bits per heavy atom. The lowest BCUT2D eigenvalue weighted by Gasteiger charge is -2.24. The summed E-state index contributed by atoms with van der Waals surface area (Å²) in [5, 5.41) is 9.26. The molecule has 0 saturated heterocycles. The lowest BCUT2D eigenvalue weighted by molar-refractivity contribution is -0.152. The van der Waals surface area contributed by atoms with E-state index in [1.165, 1.54) is 10.5 Å². The Balaban J connectivity index is 2.12. The van der Waals surface area contributed by atoms with Crippen molar-refractivity contribution in [2.45, 2.75) is 44.6 Å². The Morgan fingerprint density at radius 3 is 2.23 bits per heavy atom. The summed E-state index contributed by atoms with van der Waals surface area (Å²) < 4.78 is 5.75. The van der Waals surface area contributed by atoms with Crippen LogP contribution < -0.4 is 4.74 Å². The monoisotopic (exact) mass is 370 g/mol. The topological polar surface area (TPSA) is 46.5 Å². The highest BCUT2D eigenvalue weighted by Gasteiger charge is 2.30. The number of allylic oxidation sites excluding steroid dienone is 1. The van der Waals surface area contributed by atoms with Crippen LogP contribution in [0.5, 0.6) is 5.75 Å². The average molecular weight is 371 g/mol. The van der Waals surface area contributed by atoms with Gasteiger partial charge in [-0.15, -0.1) is 11.8 Å². The highest BCUT2D eigenvalue weighted by atomic mass is 32.2. The first-order valence-electron chi connectivity index (χ1n) is 8.56. The predicted molar refractivity (Wildman–Crippen MR) is 109 cm³/mol. The van der Waals surface area contributed by atoms with Crippen molar-refractivity contribution in [2.24, 2.45) is 0 Å². The maximum absolute atomic E-state index is 11.3. The standard InChI is InChI=1S/C22H26O3S/c1-15-13-18(8-6-7-17-9-11-19(26-5)12-10-17)14-16(2)20(15)25-22(3,4)21(23)24/h6,8-14H,7H2,1-5H3,(H,23,24)/b8-6-. The molecule has 0 atom stereocenters. The lowest BCUT2D eigenvalue weighted by Crippen LogP contribution is -2.38. The van der Waals surface area contributed by atoms with Gasteiger partial charge in [0.05, 0.1) is 0 Å². The van der Waals surface area contributed by atoms with E-state index in [-0.39, 0.29) is 0 Å². The molecule has 0 saturated carbocycles. The molecule has 1 N–H and O–H groups in total. The molecule has 0 unspecified atom stereocenters. The van der Waals surface area contributed by atoms with Gasteiger partial charge >= 0.3 is 5.97 Å². The third kappa shape index (κ3) is 5.15. The predicted octanol–water partition coefficient (Wildman–Crippen LogP) is 5.52. The number of hydrogen-bond donors (Lipinski definition) is 1. The number of carboxylic acid groups (broad SMARTS) is 1. The Hall–Kier alpha value is -2.20. The first kappa shape index (κ1) is 20.1. The van der Waals surface area contributed by atoms with E-state index < -0.39 is 11.6 Å². The van der Waals surface area contributed by atoms with Crippen molar-refractivity contribution in [1.29, 1.82) is 0 Å². The second-order valence-corrected chi connectivity index (χ2v) is 7.74. The molecule has 0 aliphatic carbocycles. The summed E-state index contributed by atoms with van der Waals surface area (Å²) in [5.74, 6) is -0.338. The van der Waals surface area contributed by atoms with Gasteiger partial charge in [0.15, 0.2) is 5.60 Å². The van der Waals surface area contributed by atoms with Crippen LogP contribution >= 0.6 is 11.8 Å². The number of rotatable bonds is 7. The molecule has 0 heterocycles. The molecular formula is C22H26O3S. The van der Waals surface area contributed by atoms with Gasteiger partial charge in [0.2, 0.25) is 0 Å². The van der Waals surface area contributed by atoms with E-state index in [1.807, 2.05) is 26.0 Å². The van der Waals surface area contributed by atoms with Gasteiger partial charge in [0.1, 0.15) is 5.75 Å². The minimum atomic E-state index is -1.25. The highest BCUT2D eigenvalue weighted by Crippen LogP contribution is 2.29. The van der Waals surface area contributed by atoms with Crippen LogP contribution in [-0.2, 0) is 11.2 Å². The minimum absolute atomic E-state index is 0.641. The van der Waals surface area contributed by atoms with Crippen LogP contribution in [0.4, 0.5) is 0 Å². The second-order valence-electron chi connectivity index (χ2n) is 6.86. The van der Waals surface area contributed by atoms with Crippen LogP contribution in [-0.4, -0.2) is 22.9 Å². The zero-order valence-corrected chi connectivity index (χ0v) is 16.8. The number of ether oxygens (including phenoxy) is 1. The molecule has 0 aliphatic rings. The average Bonchev–Trinajstić information content (AvgIpc) is 2.58. The van der Waals surface area contributed by atoms with Crippen LogP contribution in [0.25, 0.3) is 6.08 Å². The SMILES string of the molecule is CSc1ccc(C/C=C\c2cc(C)c(OC(C)(C)C(=O)O)c(C)c2)cc1. The maximum Gasteiger partial charge on any atom is 0.347 e. The zero-order chi connectivity index (χ0) is 19.3. The molecule has 0 aliphatic heterocycles. The van der Waals surface area contributed by atoms with Crippen LogP contribution in [0.15, 0.2) is 47.4 Å². The van der Waals surface area contributed by atoms with Crippen LogP contribution in [0.2, 0.25) is 0 Å². The molecule has 3 nitrogen and oxygen atoms in total. The van der Waals surface area contributed by atoms with E-state index in [9.17, 15) is 9.90 Å². The summed E-state index contributed by atoms with van der Waals surface area (Å²) in [5.41, 5.74) is 2.97. The lowest BCUT2D eigenvalue weighted by atomic mass is 10.0. The Kier molecular flexibility index (Phi) is 6.54. The third-order valence-electron chi connectivity index (χ3n) is 4.18. The summed E-state index contributed by atoms with van der Waals surface area (Å²) in [4.78, 5) is 12.6. The number of benzene rings is 2. The van der Waals surface area contributed by atoms with Crippen molar-refractivity contribution in [3.8, 4) is 5.75 Å². The summed E-state index contributed by atoms with van der Waals surface area (Å²) in [6, 6.07) is 12.6. The molecule has 0 radical (unpaired) electrons. The zero-order valence-electron chi connectivity index (χ0n) is 16.0. The molecule has 26 heavy (non-hydrogen) atoms. The second kappa shape index (κ2) is 8.45. The first-order valence-corrected chi connectivity index (χ1v) is 9.78. The number of carboxylic acids is 1. The number of aryl methyl sites for hydroxylation is 2. The van der Waals surface area contributed by atoms with Gasteiger partial charge in [-0.1, -0.05) is 24.3 Å². The maximum atomic E-state index is 11.3. The van der Waals surface area contributed by atoms with Gasteiger partial charge in [-0.3, -0.25) is 0 Å². The fourth-order valence-electron chi connectivity index (χ4n) is 2.63. The third-order valence-corrected chi connectivity index (χ3v) is 4.92. The van der Waals surface area contributed by atoms with Crippen molar-refractivity contribution in [3.05, 3.63) is 64.7 Å². The summed E-state index contributed by atoms with van der Waals surface area (Å²) in [6.07, 6.45) is 7.18. The molecular weight excluding hydrogens is 344 g/mol. The molecule has 0 amide bonds. The molecule has 2 aromatic carbocycles. The van der Waals surface area contributed by atoms with E-state index in [2.05, 4.69) is 42.7 Å². The first-order chi connectivity index (χ1) is 12.2. The molecule has 0 aromatic heterocycles. The molecule has 138 valence electrons. The van der Waals surface area contributed by atoms with E-state index in [0.29, 0.717) is 5.75 Å². The smallest absolute Gasteiger partial charge is 0.347 e. The molecule has 0 spiro atoms. The summed E-state index contributed by atoms with van der Waals surface area (Å²) >= 11 is 1.74. The largest absolute Gasteiger partial charge is 0.478 e. The van der Waals surface area contributed by atoms with Crippen molar-refractivity contribution < 1.29 is 14.6 Å². The van der Waals surface area contributed by atoms with E-state index >= 15 is 0 Å². The Morgan fingerprint density at radius 1 is 1.15 bits per heavy atom. The molecule has 4 heteroatoms. The van der Waals surface area contributed by atoms with Gasteiger partial charge in [0.25, 0.3) is 0 Å². The summed E-state index contributed by atoms with van der Waals surface area (Å²) in [6.45, 7) is 7.01. The van der Waals surface area contributed by atoms with Crippen molar-refractivity contribution in [1.82, 2.24) is 0 Å². The van der Waals surface area contributed by atoms with E-state index in [4.69, 9.17) is 4.74 Å². The number of carbonyl (C=O) groups is 1. The minimum Gasteiger partial charge on any atom is -0.478 e. The van der Waals surface area contributed by atoms with Gasteiger partial charge in [-0.25, -0.2) is 4.79 Å². The quantitative estimate of drug-likeness (QED) is 0.652. The van der Waals surface area contributed by atoms with Crippen LogP contribution in [0.1, 0.15) is 36.1 Å². The van der Waals surface area contributed by atoms with Crippen molar-refractivity contribution >= 4 is 23.8 Å². The Labute approximate surface area is 160 Å². The van der Waals surface area contributed by atoms with Gasteiger partial charge in [-0.05, 0) is 86.9 Å². The highest BCUT2D eigenvalue weighted by molar-refractivity contribution is 7.98. The van der Waals surface area contributed by atoms with Crippen molar-refractivity contribution in [2.75, 3.05) is 6.26 Å². The molecule has 2 rings (SSSR count). The van der Waals surface area contributed by atoms with Crippen LogP contribution in [0, 0.1) is 13.8 Å². The summed E-state index contributed by atoms with van der Waals surface area (Å²) in [7, 11) is 0. The fraction of sp³-hybridized carbons (Fsp3) is 0.318. The molecule has 2 aromatic rings. The van der Waals surface area contributed by atoms with Gasteiger partial charge in [0, 0.05) is 4.90 Å². The number of aliphatic carboxylic acids is 1. The fourth-order valence-corrected chi connectivity index (χ4v) is 3.04. The van der Waals surface area contributed by atoms with Gasteiger partial charge in [-0.2, -0.15) is 0 Å². The molecule has 0 fully saturated rings. The van der Waals surface area contributed by atoms with Crippen LogP contribution in [0.3, 0.4) is 0 Å². The van der Waals surface area contributed by atoms with Gasteiger partial charge < -0.3 is 9.84 Å². The normalized spacial score (nSPS) is 11.7. The van der Waals surface area contributed by atoms with E-state index in [0.717, 1.165) is 23.1 Å². The number of hydrogen-bond acceptors (Lipinski definition) is 3. The molecule has 0 bridgehead atoms. The van der Waals surface area contributed by atoms with E-state index in [1.54, 1.807) is 25.6 Å².